The summed E-state index contributed by atoms with van der Waals surface area (Å²) in [6.07, 6.45) is 0.172. The van der Waals surface area contributed by atoms with Gasteiger partial charge in [0.15, 0.2) is 5.82 Å². The van der Waals surface area contributed by atoms with Gasteiger partial charge in [-0.25, -0.2) is 14.5 Å². The molecule has 0 saturated carbocycles. The minimum absolute atomic E-state index is 0.319. The maximum absolute atomic E-state index is 12.2. The molecule has 0 atom stereocenters. The molecule has 25 heavy (non-hydrogen) atoms. The van der Waals surface area contributed by atoms with Crippen molar-refractivity contribution in [2.45, 2.75) is 6.18 Å². The van der Waals surface area contributed by atoms with E-state index in [2.05, 4.69) is 20.7 Å². The highest BCUT2D eigenvalue weighted by molar-refractivity contribution is 5.93. The summed E-state index contributed by atoms with van der Waals surface area (Å²) >= 11 is 0. The van der Waals surface area contributed by atoms with Crippen molar-refractivity contribution in [3.05, 3.63) is 36.8 Å². The van der Waals surface area contributed by atoms with E-state index < -0.39 is 31.2 Å². The van der Waals surface area contributed by atoms with Crippen LogP contribution < -0.4 is 10.6 Å². The van der Waals surface area contributed by atoms with Crippen molar-refractivity contribution in [1.29, 1.82) is 0 Å². The molecule has 0 unspecified atom stereocenters. The number of carbonyl (C=O) groups is 2. The number of carbonyl (C=O) groups excluding carboxylic acids is 2. The largest absolute Gasteiger partial charge is 0.406 e. The highest BCUT2D eigenvalue weighted by Crippen LogP contribution is 2.16. The molecule has 3 amide bonds. The van der Waals surface area contributed by atoms with E-state index in [9.17, 15) is 22.8 Å². The average molecular weight is 356 g/mol. The van der Waals surface area contributed by atoms with Crippen molar-refractivity contribution in [1.82, 2.24) is 25.0 Å². The summed E-state index contributed by atoms with van der Waals surface area (Å²) in [5.74, 6) is -0.519. The molecule has 0 aliphatic carbocycles. The van der Waals surface area contributed by atoms with E-state index in [-0.39, 0.29) is 0 Å². The normalized spacial score (nSPS) is 11.0. The zero-order chi connectivity index (χ0) is 18.4. The van der Waals surface area contributed by atoms with E-state index in [0.29, 0.717) is 16.4 Å². The molecule has 0 aliphatic heterocycles. The first-order valence-corrected chi connectivity index (χ1v) is 7.07. The summed E-state index contributed by atoms with van der Waals surface area (Å²) in [5.41, 5.74) is 0.319. The Kier molecular flexibility index (Phi) is 5.57. The fourth-order valence-corrected chi connectivity index (χ4v) is 1.89. The Morgan fingerprint density at radius 3 is 2.68 bits per heavy atom. The van der Waals surface area contributed by atoms with Gasteiger partial charge in [0.25, 0.3) is 0 Å². The third-order valence-corrected chi connectivity index (χ3v) is 3.00. The summed E-state index contributed by atoms with van der Waals surface area (Å²) in [4.78, 5) is 28.0. The number of pyridine rings is 1. The number of alkyl halides is 3. The standard InChI is InChI=1S/C14H15F3N6O2/c1-22(9-14(15,16)17)11(24)8-19-13(25)21-10-4-2-5-18-12(10)23-7-3-6-20-23/h2-7H,8-9H2,1H3,(H2,19,21,25). The predicted octanol–water partition coefficient (Wildman–Crippen LogP) is 1.41. The van der Waals surface area contributed by atoms with E-state index in [1.807, 2.05) is 0 Å². The van der Waals surface area contributed by atoms with Crippen LogP contribution in [0.5, 0.6) is 0 Å². The quantitative estimate of drug-likeness (QED) is 0.847. The van der Waals surface area contributed by atoms with E-state index in [1.165, 1.54) is 17.1 Å². The van der Waals surface area contributed by atoms with Crippen LogP contribution in [0.1, 0.15) is 0 Å². The molecule has 11 heteroatoms. The molecular formula is C14H15F3N6O2. The third kappa shape index (κ3) is 5.48. The van der Waals surface area contributed by atoms with E-state index >= 15 is 0 Å². The summed E-state index contributed by atoms with van der Waals surface area (Å²) in [5, 5.41) is 8.68. The maximum atomic E-state index is 12.2. The Morgan fingerprint density at radius 2 is 2.04 bits per heavy atom. The summed E-state index contributed by atoms with van der Waals surface area (Å²) in [6.45, 7) is -1.96. The minimum Gasteiger partial charge on any atom is -0.335 e. The van der Waals surface area contributed by atoms with Gasteiger partial charge in [0, 0.05) is 25.6 Å². The van der Waals surface area contributed by atoms with Crippen molar-refractivity contribution >= 4 is 17.6 Å². The fraction of sp³-hybridized carbons (Fsp3) is 0.286. The number of nitrogens with zero attached hydrogens (tertiary/aromatic N) is 4. The minimum atomic E-state index is -4.50. The molecule has 2 aromatic rings. The van der Waals surface area contributed by atoms with E-state index in [0.717, 1.165) is 7.05 Å². The van der Waals surface area contributed by atoms with Gasteiger partial charge in [0.05, 0.1) is 12.2 Å². The van der Waals surface area contributed by atoms with Crippen LogP contribution in [0.25, 0.3) is 5.82 Å². The first kappa shape index (κ1) is 18.2. The van der Waals surface area contributed by atoms with Crippen LogP contribution in [0.3, 0.4) is 0 Å². The number of hydrogen-bond acceptors (Lipinski definition) is 4. The van der Waals surface area contributed by atoms with Gasteiger partial charge in [-0.15, -0.1) is 0 Å². The van der Waals surface area contributed by atoms with Crippen LogP contribution in [0.15, 0.2) is 36.8 Å². The molecule has 0 fully saturated rings. The molecule has 134 valence electrons. The first-order valence-electron chi connectivity index (χ1n) is 7.07. The highest BCUT2D eigenvalue weighted by atomic mass is 19.4. The molecule has 2 heterocycles. The Hall–Kier alpha value is -3.11. The molecule has 0 bridgehead atoms. The van der Waals surface area contributed by atoms with Crippen molar-refractivity contribution < 1.29 is 22.8 Å². The Morgan fingerprint density at radius 1 is 1.28 bits per heavy atom. The molecular weight excluding hydrogens is 341 g/mol. The van der Waals surface area contributed by atoms with Gasteiger partial charge in [-0.05, 0) is 18.2 Å². The van der Waals surface area contributed by atoms with Crippen LogP contribution in [-0.2, 0) is 4.79 Å². The summed E-state index contributed by atoms with van der Waals surface area (Å²) in [6, 6.07) is 4.08. The summed E-state index contributed by atoms with van der Waals surface area (Å²) < 4.78 is 38.1. The smallest absolute Gasteiger partial charge is 0.335 e. The second kappa shape index (κ2) is 7.64. The van der Waals surface area contributed by atoms with E-state index in [4.69, 9.17) is 0 Å². The zero-order valence-corrected chi connectivity index (χ0v) is 13.1. The predicted molar refractivity (Wildman–Crippen MR) is 82.1 cm³/mol. The lowest BCUT2D eigenvalue weighted by Gasteiger charge is -2.19. The second-order valence-electron chi connectivity index (χ2n) is 5.00. The number of aromatic nitrogens is 3. The number of hydrogen-bond donors (Lipinski definition) is 2. The molecule has 0 aromatic carbocycles. The molecule has 0 radical (unpaired) electrons. The molecule has 2 aromatic heterocycles. The summed E-state index contributed by atoms with van der Waals surface area (Å²) in [7, 11) is 1.01. The molecule has 0 aliphatic rings. The average Bonchev–Trinajstić information content (AvgIpc) is 3.05. The SMILES string of the molecule is CN(CC(F)(F)F)C(=O)CNC(=O)Nc1cccnc1-n1cccn1. The van der Waals surface area contributed by atoms with Gasteiger partial charge in [-0.1, -0.05) is 0 Å². The second-order valence-corrected chi connectivity index (χ2v) is 5.00. The number of likely N-dealkylation sites (N-methyl/N-ethyl adjacent to an activating group) is 1. The van der Waals surface area contributed by atoms with Crippen LogP contribution in [-0.4, -0.2) is 57.9 Å². The van der Waals surface area contributed by atoms with Gasteiger partial charge in [-0.2, -0.15) is 18.3 Å². The third-order valence-electron chi connectivity index (χ3n) is 3.00. The van der Waals surface area contributed by atoms with Gasteiger partial charge >= 0.3 is 12.2 Å². The number of anilines is 1. The van der Waals surface area contributed by atoms with Crippen molar-refractivity contribution in [2.24, 2.45) is 0 Å². The highest BCUT2D eigenvalue weighted by Gasteiger charge is 2.31. The van der Waals surface area contributed by atoms with Crippen molar-refractivity contribution in [3.8, 4) is 5.82 Å². The number of halogens is 3. The lowest BCUT2D eigenvalue weighted by molar-refractivity contribution is -0.157. The number of amides is 3. The lowest BCUT2D eigenvalue weighted by Crippen LogP contribution is -2.43. The molecule has 2 N–H and O–H groups in total. The topological polar surface area (TPSA) is 92.2 Å². The van der Waals surface area contributed by atoms with Crippen LogP contribution >= 0.6 is 0 Å². The van der Waals surface area contributed by atoms with Crippen molar-refractivity contribution in [3.63, 3.8) is 0 Å². The van der Waals surface area contributed by atoms with E-state index in [1.54, 1.807) is 24.4 Å². The molecule has 0 saturated heterocycles. The molecule has 0 spiro atoms. The Bertz CT molecular complexity index is 732. The van der Waals surface area contributed by atoms with Gasteiger partial charge in [0.1, 0.15) is 6.54 Å². The lowest BCUT2D eigenvalue weighted by atomic mass is 10.4. The Labute approximate surface area is 140 Å². The van der Waals surface area contributed by atoms with Crippen LogP contribution in [0.4, 0.5) is 23.7 Å². The first-order chi connectivity index (χ1) is 11.8. The Balaban J connectivity index is 1.92. The van der Waals surface area contributed by atoms with Gasteiger partial charge < -0.3 is 15.5 Å². The fourth-order valence-electron chi connectivity index (χ4n) is 1.89. The van der Waals surface area contributed by atoms with Crippen molar-refractivity contribution in [2.75, 3.05) is 25.5 Å². The molecule has 8 nitrogen and oxygen atoms in total. The number of nitrogens with one attached hydrogen (secondary N) is 2. The zero-order valence-electron chi connectivity index (χ0n) is 13.1. The monoisotopic (exact) mass is 356 g/mol. The number of rotatable bonds is 5. The van der Waals surface area contributed by atoms with Crippen LogP contribution in [0, 0.1) is 0 Å². The van der Waals surface area contributed by atoms with Gasteiger partial charge in [0.2, 0.25) is 5.91 Å². The van der Waals surface area contributed by atoms with Crippen LogP contribution in [0.2, 0.25) is 0 Å². The molecule has 2 rings (SSSR count). The maximum Gasteiger partial charge on any atom is 0.406 e. The number of urea groups is 1. The van der Waals surface area contributed by atoms with Gasteiger partial charge in [-0.3, -0.25) is 4.79 Å².